The Kier molecular flexibility index (Phi) is 6.35. The molecule has 2 rings (SSSR count). The molecule has 146 valence electrons. The lowest BCUT2D eigenvalue weighted by molar-refractivity contribution is -0.136. The molecular weight excluding hydrogens is 444 g/mol. The van der Waals surface area contributed by atoms with E-state index in [1.807, 2.05) is 4.72 Å². The molecule has 0 aliphatic rings. The molecule has 0 unspecified atom stereocenters. The lowest BCUT2D eigenvalue weighted by atomic mass is 10.3. The molecule has 27 heavy (non-hydrogen) atoms. The van der Waals surface area contributed by atoms with Gasteiger partial charge in [0, 0.05) is 10.0 Å². The Bertz CT molecular complexity index is 1100. The van der Waals surface area contributed by atoms with E-state index >= 15 is 0 Å². The molecule has 0 spiro atoms. The number of hydrogen-bond donors (Lipinski definition) is 2. The third-order valence-corrected chi connectivity index (χ3v) is 6.93. The average Bonchev–Trinajstić information content (AvgIpc) is 2.52. The maximum atomic E-state index is 14.0. The van der Waals surface area contributed by atoms with Crippen LogP contribution in [0.3, 0.4) is 0 Å². The van der Waals surface area contributed by atoms with Crippen molar-refractivity contribution in [2.45, 2.75) is 16.2 Å². The fourth-order valence-corrected chi connectivity index (χ4v) is 4.99. The second-order valence-corrected chi connectivity index (χ2v) is 9.88. The first-order chi connectivity index (χ1) is 12.4. The Morgan fingerprint density at radius 1 is 1.00 bits per heavy atom. The third kappa shape index (κ3) is 5.32. The van der Waals surface area contributed by atoms with Crippen LogP contribution in [0.1, 0.15) is 6.42 Å². The minimum absolute atomic E-state index is 0.0152. The second kappa shape index (κ2) is 8.01. The number of hydrogen-bond acceptors (Lipinski definition) is 5. The summed E-state index contributed by atoms with van der Waals surface area (Å²) in [6, 6.07) is 6.13. The highest BCUT2D eigenvalue weighted by Gasteiger charge is 2.25. The molecule has 0 aromatic heterocycles. The standard InChI is InChI=1S/C15H12Cl2FNO6S2/c16-9-1-3-13(11(18)7-9)27(24,25)19-12-8-10(17)2-4-14(12)26(22,23)6-5-15(20)21/h1-4,7-8,19H,5-6H2,(H,20,21). The van der Waals surface area contributed by atoms with Gasteiger partial charge in [-0.05, 0) is 36.4 Å². The number of anilines is 1. The van der Waals surface area contributed by atoms with Crippen LogP contribution < -0.4 is 4.72 Å². The first-order valence-corrected chi connectivity index (χ1v) is 11.0. The lowest BCUT2D eigenvalue weighted by Crippen LogP contribution is -2.18. The lowest BCUT2D eigenvalue weighted by Gasteiger charge is -2.14. The van der Waals surface area contributed by atoms with Crippen LogP contribution in [-0.2, 0) is 24.7 Å². The Morgan fingerprint density at radius 3 is 2.11 bits per heavy atom. The molecule has 2 N–H and O–H groups in total. The molecule has 0 saturated heterocycles. The van der Waals surface area contributed by atoms with E-state index in [4.69, 9.17) is 28.3 Å². The van der Waals surface area contributed by atoms with Gasteiger partial charge in [-0.3, -0.25) is 9.52 Å². The van der Waals surface area contributed by atoms with E-state index in [1.165, 1.54) is 6.07 Å². The van der Waals surface area contributed by atoms with Crippen LogP contribution in [-0.4, -0.2) is 33.7 Å². The van der Waals surface area contributed by atoms with Crippen molar-refractivity contribution in [3.8, 4) is 0 Å². The van der Waals surface area contributed by atoms with Gasteiger partial charge in [-0.15, -0.1) is 0 Å². The fraction of sp³-hybridized carbons (Fsp3) is 0.133. The second-order valence-electron chi connectivity index (χ2n) is 5.28. The zero-order valence-corrected chi connectivity index (χ0v) is 16.5. The first kappa shape index (κ1) is 21.4. The van der Waals surface area contributed by atoms with Crippen LogP contribution >= 0.6 is 23.2 Å². The van der Waals surface area contributed by atoms with Crippen LogP contribution in [0.25, 0.3) is 0 Å². The van der Waals surface area contributed by atoms with Crippen molar-refractivity contribution >= 4 is 54.7 Å². The van der Waals surface area contributed by atoms with Crippen LogP contribution in [0.5, 0.6) is 0 Å². The van der Waals surface area contributed by atoms with Crippen LogP contribution in [0.4, 0.5) is 10.1 Å². The fourth-order valence-electron chi connectivity index (χ4n) is 2.08. The highest BCUT2D eigenvalue weighted by molar-refractivity contribution is 7.93. The number of sulfone groups is 1. The summed E-state index contributed by atoms with van der Waals surface area (Å²) in [5, 5.41) is 8.67. The zero-order chi connectivity index (χ0) is 20.4. The number of rotatable bonds is 7. The summed E-state index contributed by atoms with van der Waals surface area (Å²) in [5.41, 5.74) is -0.428. The molecule has 0 aliphatic heterocycles. The summed E-state index contributed by atoms with van der Waals surface area (Å²) < 4.78 is 65.6. The number of halogens is 3. The summed E-state index contributed by atoms with van der Waals surface area (Å²) in [6.07, 6.45) is -0.678. The Balaban J connectivity index is 2.49. The smallest absolute Gasteiger partial charge is 0.304 e. The van der Waals surface area contributed by atoms with Gasteiger partial charge in [-0.1, -0.05) is 23.2 Å². The van der Waals surface area contributed by atoms with Gasteiger partial charge in [-0.25, -0.2) is 21.2 Å². The number of carboxylic acids is 1. The molecule has 2 aromatic carbocycles. The molecule has 0 radical (unpaired) electrons. The van der Waals surface area contributed by atoms with E-state index in [1.54, 1.807) is 0 Å². The molecular formula is C15H12Cl2FNO6S2. The SMILES string of the molecule is O=C(O)CCS(=O)(=O)c1ccc(Cl)cc1NS(=O)(=O)c1ccc(Cl)cc1F. The monoisotopic (exact) mass is 455 g/mol. The van der Waals surface area contributed by atoms with E-state index in [-0.39, 0.29) is 10.0 Å². The summed E-state index contributed by atoms with van der Waals surface area (Å²) in [5.74, 6) is -3.22. The molecule has 0 fully saturated rings. The predicted molar refractivity (Wildman–Crippen MR) is 98.0 cm³/mol. The largest absolute Gasteiger partial charge is 0.481 e. The van der Waals surface area contributed by atoms with Crippen molar-refractivity contribution in [2.24, 2.45) is 0 Å². The number of nitrogens with one attached hydrogen (secondary N) is 1. The summed E-state index contributed by atoms with van der Waals surface area (Å²) >= 11 is 11.4. The average molecular weight is 456 g/mol. The van der Waals surface area contributed by atoms with Gasteiger partial charge in [0.1, 0.15) is 10.7 Å². The van der Waals surface area contributed by atoms with Gasteiger partial charge in [-0.2, -0.15) is 0 Å². The molecule has 0 aliphatic carbocycles. The molecule has 12 heteroatoms. The van der Waals surface area contributed by atoms with Crippen molar-refractivity contribution in [1.82, 2.24) is 0 Å². The molecule has 0 bridgehead atoms. The van der Waals surface area contributed by atoms with Gasteiger partial charge in [0.15, 0.2) is 9.84 Å². The zero-order valence-electron chi connectivity index (χ0n) is 13.3. The van der Waals surface area contributed by atoms with Crippen molar-refractivity contribution < 1.29 is 31.1 Å². The van der Waals surface area contributed by atoms with Crippen LogP contribution in [0.15, 0.2) is 46.2 Å². The minimum atomic E-state index is -4.51. The van der Waals surface area contributed by atoms with Gasteiger partial charge in [0.05, 0.1) is 22.8 Å². The first-order valence-electron chi connectivity index (χ1n) is 7.14. The van der Waals surface area contributed by atoms with E-state index in [0.29, 0.717) is 0 Å². The molecule has 0 amide bonds. The van der Waals surface area contributed by atoms with Crippen LogP contribution in [0, 0.1) is 5.82 Å². The van der Waals surface area contributed by atoms with E-state index < -0.39 is 59.3 Å². The summed E-state index contributed by atoms with van der Waals surface area (Å²) in [4.78, 5) is 9.42. The number of carboxylic acid groups (broad SMARTS) is 1. The van der Waals surface area contributed by atoms with Gasteiger partial charge in [0.25, 0.3) is 10.0 Å². The normalized spacial score (nSPS) is 12.0. The Hall–Kier alpha value is -1.88. The molecule has 2 aromatic rings. The van der Waals surface area contributed by atoms with Gasteiger partial charge >= 0.3 is 5.97 Å². The van der Waals surface area contributed by atoms with Crippen molar-refractivity contribution in [3.05, 3.63) is 52.3 Å². The number of aliphatic carboxylic acids is 1. The molecule has 0 saturated carbocycles. The van der Waals surface area contributed by atoms with Crippen molar-refractivity contribution in [3.63, 3.8) is 0 Å². The van der Waals surface area contributed by atoms with E-state index in [0.717, 1.165) is 30.3 Å². The quantitative estimate of drug-likeness (QED) is 0.661. The van der Waals surface area contributed by atoms with E-state index in [2.05, 4.69) is 0 Å². The van der Waals surface area contributed by atoms with Crippen LogP contribution in [0.2, 0.25) is 10.0 Å². The van der Waals surface area contributed by atoms with Gasteiger partial charge < -0.3 is 5.11 Å². The minimum Gasteiger partial charge on any atom is -0.481 e. The highest BCUT2D eigenvalue weighted by atomic mass is 35.5. The Labute approximate surface area is 164 Å². The molecule has 7 nitrogen and oxygen atoms in total. The number of sulfonamides is 1. The summed E-state index contributed by atoms with van der Waals surface area (Å²) in [6.45, 7) is 0. The van der Waals surface area contributed by atoms with Crippen molar-refractivity contribution in [2.75, 3.05) is 10.5 Å². The Morgan fingerprint density at radius 2 is 1.56 bits per heavy atom. The molecule has 0 atom stereocenters. The van der Waals surface area contributed by atoms with Crippen molar-refractivity contribution in [1.29, 1.82) is 0 Å². The number of carbonyl (C=O) groups is 1. The maximum Gasteiger partial charge on any atom is 0.304 e. The summed E-state index contributed by atoms with van der Waals surface area (Å²) in [7, 11) is -8.67. The maximum absolute atomic E-state index is 14.0. The molecule has 0 heterocycles. The van der Waals surface area contributed by atoms with Gasteiger partial charge in [0.2, 0.25) is 0 Å². The third-order valence-electron chi connectivity index (χ3n) is 3.29. The predicted octanol–water partition coefficient (Wildman–Crippen LogP) is 3.18. The number of benzene rings is 2. The van der Waals surface area contributed by atoms with E-state index in [9.17, 15) is 26.0 Å². The highest BCUT2D eigenvalue weighted by Crippen LogP contribution is 2.29. The topological polar surface area (TPSA) is 118 Å².